The van der Waals surface area contributed by atoms with E-state index in [0.29, 0.717) is 17.9 Å². The molecular formula is C25H32F2O. The van der Waals surface area contributed by atoms with Crippen LogP contribution in [0.25, 0.3) is 11.1 Å². The van der Waals surface area contributed by atoms with Gasteiger partial charge in [0.05, 0.1) is 12.1 Å². The Hall–Kier alpha value is -1.90. The van der Waals surface area contributed by atoms with E-state index in [2.05, 4.69) is 6.92 Å². The molecule has 1 fully saturated rings. The van der Waals surface area contributed by atoms with Gasteiger partial charge in [0.15, 0.2) is 11.6 Å². The molecule has 28 heavy (non-hydrogen) atoms. The molecule has 1 aliphatic rings. The minimum Gasteiger partial charge on any atom is -0.491 e. The molecule has 0 amide bonds. The Balaban J connectivity index is 1.81. The normalized spacial score (nSPS) is 21.6. The molecule has 0 saturated heterocycles. The van der Waals surface area contributed by atoms with Gasteiger partial charge in [-0.05, 0) is 54.8 Å². The molecule has 0 aliphatic heterocycles. The van der Waals surface area contributed by atoms with Crippen LogP contribution in [0.3, 0.4) is 0 Å². The number of benzene rings is 2. The molecule has 0 N–H and O–H groups in total. The lowest BCUT2D eigenvalue weighted by Gasteiger charge is -2.28. The van der Waals surface area contributed by atoms with Crippen LogP contribution in [0.15, 0.2) is 36.3 Å². The van der Waals surface area contributed by atoms with E-state index in [0.717, 1.165) is 12.3 Å². The Kier molecular flexibility index (Phi) is 5.72. The molecule has 2 aromatic carbocycles. The summed E-state index contributed by atoms with van der Waals surface area (Å²) in [7, 11) is 0. The van der Waals surface area contributed by atoms with Gasteiger partial charge in [-0.3, -0.25) is 0 Å². The molecular weight excluding hydrogens is 354 g/mol. The van der Waals surface area contributed by atoms with Crippen LogP contribution in [0, 0.1) is 23.5 Å². The SMILES string of the molecule is [2H]c1c(CCC2CCC(CCC)CC2)ccc(-c2c([2H])c([2H])c(OCC)c(F)c2F)c1[2H]. The average molecular weight is 391 g/mol. The topological polar surface area (TPSA) is 9.23 Å². The number of hydrogen-bond acceptors (Lipinski definition) is 1. The van der Waals surface area contributed by atoms with Gasteiger partial charge in [0.2, 0.25) is 5.82 Å². The highest BCUT2D eigenvalue weighted by molar-refractivity contribution is 5.65. The lowest BCUT2D eigenvalue weighted by Crippen LogP contribution is -2.15. The highest BCUT2D eigenvalue weighted by atomic mass is 19.2. The molecule has 1 aliphatic carbocycles. The van der Waals surface area contributed by atoms with E-state index < -0.39 is 35.0 Å². The van der Waals surface area contributed by atoms with E-state index in [4.69, 9.17) is 10.2 Å². The smallest absolute Gasteiger partial charge is 0.201 e. The van der Waals surface area contributed by atoms with Crippen molar-refractivity contribution < 1.29 is 19.0 Å². The van der Waals surface area contributed by atoms with Crippen molar-refractivity contribution in [3.63, 3.8) is 0 Å². The zero-order valence-electron chi connectivity index (χ0n) is 20.8. The van der Waals surface area contributed by atoms with Crippen molar-refractivity contribution in [1.82, 2.24) is 0 Å². The molecule has 152 valence electrons. The van der Waals surface area contributed by atoms with Gasteiger partial charge >= 0.3 is 0 Å². The lowest BCUT2D eigenvalue weighted by atomic mass is 9.78. The fraction of sp³-hybridized carbons (Fsp3) is 0.520. The summed E-state index contributed by atoms with van der Waals surface area (Å²) >= 11 is 0. The number of halogens is 2. The second-order valence-electron chi connectivity index (χ2n) is 7.75. The predicted octanol–water partition coefficient (Wildman–Crippen LogP) is 7.57. The molecule has 0 unspecified atom stereocenters. The van der Waals surface area contributed by atoms with Crippen molar-refractivity contribution in [1.29, 1.82) is 0 Å². The van der Waals surface area contributed by atoms with Gasteiger partial charge in [-0.2, -0.15) is 4.39 Å². The van der Waals surface area contributed by atoms with Crippen LogP contribution in [0.4, 0.5) is 8.78 Å². The largest absolute Gasteiger partial charge is 0.491 e. The molecule has 0 spiro atoms. The van der Waals surface area contributed by atoms with Crippen molar-refractivity contribution >= 4 is 0 Å². The van der Waals surface area contributed by atoms with Gasteiger partial charge in [0.1, 0.15) is 0 Å². The summed E-state index contributed by atoms with van der Waals surface area (Å²) in [5.74, 6) is -1.79. The van der Waals surface area contributed by atoms with Crippen molar-refractivity contribution in [3.8, 4) is 16.9 Å². The first kappa shape index (κ1) is 16.0. The maximum absolute atomic E-state index is 14.8. The minimum absolute atomic E-state index is 0.0261. The molecule has 0 atom stereocenters. The maximum atomic E-state index is 14.8. The Morgan fingerprint density at radius 3 is 2.32 bits per heavy atom. The molecule has 1 saturated carbocycles. The summed E-state index contributed by atoms with van der Waals surface area (Å²) in [6, 6.07) is 1.77. The predicted molar refractivity (Wildman–Crippen MR) is 112 cm³/mol. The molecule has 2 aromatic rings. The summed E-state index contributed by atoms with van der Waals surface area (Å²) in [5, 5.41) is 0. The van der Waals surface area contributed by atoms with Crippen molar-refractivity contribution in [2.75, 3.05) is 6.61 Å². The van der Waals surface area contributed by atoms with Gasteiger partial charge in [0.25, 0.3) is 0 Å². The van der Waals surface area contributed by atoms with Crippen LogP contribution in [0.2, 0.25) is 0 Å². The molecule has 0 heterocycles. The van der Waals surface area contributed by atoms with Gasteiger partial charge in [0, 0.05) is 5.56 Å². The Labute approximate surface area is 173 Å². The fourth-order valence-electron chi connectivity index (χ4n) is 4.15. The van der Waals surface area contributed by atoms with Crippen LogP contribution < -0.4 is 4.74 Å². The molecule has 0 radical (unpaired) electrons. The summed E-state index contributed by atoms with van der Waals surface area (Å²) in [6.07, 6.45) is 9.09. The van der Waals surface area contributed by atoms with Crippen LogP contribution in [-0.4, -0.2) is 6.61 Å². The van der Waals surface area contributed by atoms with Crippen molar-refractivity contribution in [2.24, 2.45) is 11.8 Å². The minimum atomic E-state index is -1.34. The first-order valence-electron chi connectivity index (χ1n) is 12.5. The van der Waals surface area contributed by atoms with Crippen molar-refractivity contribution in [2.45, 2.75) is 65.2 Å². The summed E-state index contributed by atoms with van der Waals surface area (Å²) < 4.78 is 67.2. The maximum Gasteiger partial charge on any atom is 0.201 e. The highest BCUT2D eigenvalue weighted by Gasteiger charge is 2.20. The van der Waals surface area contributed by atoms with E-state index in [1.54, 1.807) is 13.0 Å². The number of rotatable bonds is 8. The summed E-state index contributed by atoms with van der Waals surface area (Å²) in [4.78, 5) is 0. The van der Waals surface area contributed by atoms with E-state index in [1.165, 1.54) is 44.6 Å². The van der Waals surface area contributed by atoms with Crippen molar-refractivity contribution in [3.05, 3.63) is 53.5 Å². The van der Waals surface area contributed by atoms with E-state index in [-0.39, 0.29) is 24.3 Å². The molecule has 1 nitrogen and oxygen atoms in total. The second kappa shape index (κ2) is 10.0. The molecule has 3 rings (SSSR count). The Morgan fingerprint density at radius 1 is 0.929 bits per heavy atom. The van der Waals surface area contributed by atoms with Crippen LogP contribution in [-0.2, 0) is 6.42 Å². The van der Waals surface area contributed by atoms with Crippen LogP contribution in [0.5, 0.6) is 5.75 Å². The Morgan fingerprint density at radius 2 is 1.64 bits per heavy atom. The van der Waals surface area contributed by atoms with E-state index in [1.807, 2.05) is 0 Å². The first-order chi connectivity index (χ1) is 15.3. The third kappa shape index (κ3) is 5.12. The summed E-state index contributed by atoms with van der Waals surface area (Å²) in [5.41, 5.74) is 0.200. The lowest BCUT2D eigenvalue weighted by molar-refractivity contribution is 0.252. The van der Waals surface area contributed by atoms with Gasteiger partial charge in [-0.1, -0.05) is 69.7 Å². The fourth-order valence-corrected chi connectivity index (χ4v) is 4.15. The van der Waals surface area contributed by atoms with Gasteiger partial charge in [-0.25, -0.2) is 4.39 Å². The van der Waals surface area contributed by atoms with Crippen LogP contribution in [0.1, 0.15) is 69.8 Å². The summed E-state index contributed by atoms with van der Waals surface area (Å²) in [6.45, 7) is 3.85. The van der Waals surface area contributed by atoms with Crippen LogP contribution >= 0.6 is 0 Å². The third-order valence-corrected chi connectivity index (χ3v) is 5.76. The standard InChI is InChI=1S/C25H32F2O/c1-3-5-18-6-8-19(9-7-18)10-11-20-12-14-21(15-13-20)22-16-17-23(28-4-2)25(27)24(22)26/h12-19H,3-11H2,1-2H3/i12D,14D,16D,17D. The first-order valence-corrected chi connectivity index (χ1v) is 10.5. The van der Waals surface area contributed by atoms with Gasteiger partial charge < -0.3 is 4.74 Å². The van der Waals surface area contributed by atoms with E-state index in [9.17, 15) is 8.78 Å². The highest BCUT2D eigenvalue weighted by Crippen LogP contribution is 2.34. The number of aryl methyl sites for hydroxylation is 1. The number of hydrogen-bond donors (Lipinski definition) is 0. The van der Waals surface area contributed by atoms with E-state index >= 15 is 0 Å². The average Bonchev–Trinajstić information content (AvgIpc) is 2.79. The monoisotopic (exact) mass is 390 g/mol. The second-order valence-corrected chi connectivity index (χ2v) is 7.75. The molecule has 0 aromatic heterocycles. The molecule has 3 heteroatoms. The zero-order chi connectivity index (χ0) is 23.4. The molecule has 0 bridgehead atoms. The zero-order valence-corrected chi connectivity index (χ0v) is 16.8. The number of ether oxygens (including phenoxy) is 1. The Bertz CT molecular complexity index is 927. The third-order valence-electron chi connectivity index (χ3n) is 5.76. The quantitative estimate of drug-likeness (QED) is 0.451. The van der Waals surface area contributed by atoms with Gasteiger partial charge in [-0.15, -0.1) is 0 Å².